The Balaban J connectivity index is 2.15. The van der Waals surface area contributed by atoms with Gasteiger partial charge in [-0.2, -0.15) is 0 Å². The van der Waals surface area contributed by atoms with Crippen molar-refractivity contribution in [3.05, 3.63) is 53.5 Å². The van der Waals surface area contributed by atoms with E-state index >= 15 is 0 Å². The minimum atomic E-state index is -0.439. The summed E-state index contributed by atoms with van der Waals surface area (Å²) in [7, 11) is 0. The van der Waals surface area contributed by atoms with E-state index in [-0.39, 0.29) is 0 Å². The molecule has 1 aliphatic rings. The second kappa shape index (κ2) is 4.50. The Morgan fingerprint density at radius 1 is 1.27 bits per heavy atom. The summed E-state index contributed by atoms with van der Waals surface area (Å²) in [6, 6.07) is 8.20. The monoisotopic (exact) mass is 198 g/mol. The van der Waals surface area contributed by atoms with Gasteiger partial charge in [0.25, 0.3) is 0 Å². The van der Waals surface area contributed by atoms with Crippen LogP contribution in [0.3, 0.4) is 0 Å². The second-order valence-corrected chi connectivity index (χ2v) is 3.87. The highest BCUT2D eigenvalue weighted by molar-refractivity contribution is 6.73. The fraction of sp³-hybridized carbons (Fsp3) is 0.231. The van der Waals surface area contributed by atoms with Gasteiger partial charge in [0.15, 0.2) is 0 Å². The summed E-state index contributed by atoms with van der Waals surface area (Å²) in [6.07, 6.45) is 7.98. The molecule has 0 heterocycles. The molecule has 1 nitrogen and oxygen atoms in total. The van der Waals surface area contributed by atoms with E-state index in [1.165, 1.54) is 5.56 Å². The van der Waals surface area contributed by atoms with Crippen LogP contribution in [0.15, 0.2) is 48.0 Å². The summed E-state index contributed by atoms with van der Waals surface area (Å²) in [4.78, 5) is 0. The molecule has 0 saturated carbocycles. The van der Waals surface area contributed by atoms with Crippen molar-refractivity contribution >= 4 is 12.4 Å². The highest BCUT2D eigenvalue weighted by atomic mass is 16.2. The van der Waals surface area contributed by atoms with E-state index in [0.717, 1.165) is 23.8 Å². The minimum absolute atomic E-state index is 0.439. The zero-order chi connectivity index (χ0) is 10.7. The third-order valence-electron chi connectivity index (χ3n) is 2.85. The number of allylic oxidation sites excluding steroid dienone is 4. The van der Waals surface area contributed by atoms with Gasteiger partial charge in [0.05, 0.1) is 0 Å². The third-order valence-corrected chi connectivity index (χ3v) is 2.85. The molecule has 0 aromatic heterocycles. The van der Waals surface area contributed by atoms with E-state index in [1.807, 2.05) is 24.3 Å². The number of aryl methyl sites for hydroxylation is 1. The van der Waals surface area contributed by atoms with Crippen molar-refractivity contribution in [2.45, 2.75) is 19.8 Å². The summed E-state index contributed by atoms with van der Waals surface area (Å²) < 4.78 is 0. The van der Waals surface area contributed by atoms with Crippen LogP contribution < -0.4 is 5.46 Å². The van der Waals surface area contributed by atoms with E-state index in [9.17, 15) is 5.02 Å². The van der Waals surface area contributed by atoms with Crippen LogP contribution in [0.2, 0.25) is 0 Å². The Hall–Kier alpha value is -1.28. The first-order chi connectivity index (χ1) is 7.31. The average molecular weight is 198 g/mol. The molecule has 0 fully saturated rings. The second-order valence-electron chi connectivity index (χ2n) is 3.87. The smallest absolute Gasteiger partial charge is 0.355 e. The molecular weight excluding hydrogens is 183 g/mol. The lowest BCUT2D eigenvalue weighted by atomic mass is 9.55. The van der Waals surface area contributed by atoms with Gasteiger partial charge in [0.2, 0.25) is 0 Å². The lowest BCUT2D eigenvalue weighted by Crippen LogP contribution is -2.32. The van der Waals surface area contributed by atoms with Crippen molar-refractivity contribution in [2.75, 3.05) is 0 Å². The summed E-state index contributed by atoms with van der Waals surface area (Å²) in [5, 5.41) is 10.1. The number of benzene rings is 1. The zero-order valence-corrected chi connectivity index (χ0v) is 8.98. The van der Waals surface area contributed by atoms with Crippen molar-refractivity contribution in [3.8, 4) is 0 Å². The molecule has 0 radical (unpaired) electrons. The molecule has 1 aliphatic carbocycles. The molecule has 0 unspecified atom stereocenters. The van der Waals surface area contributed by atoms with Crippen molar-refractivity contribution < 1.29 is 5.02 Å². The van der Waals surface area contributed by atoms with Gasteiger partial charge in [-0.05, 0) is 23.9 Å². The van der Waals surface area contributed by atoms with Crippen molar-refractivity contribution in [1.82, 2.24) is 0 Å². The number of hydrogen-bond donors (Lipinski definition) is 1. The molecule has 0 spiro atoms. The van der Waals surface area contributed by atoms with Crippen LogP contribution in [0.5, 0.6) is 0 Å². The van der Waals surface area contributed by atoms with Crippen LogP contribution in [0.4, 0.5) is 0 Å². The molecule has 1 aromatic carbocycles. The van der Waals surface area contributed by atoms with Crippen molar-refractivity contribution in [2.24, 2.45) is 0 Å². The normalized spacial score (nSPS) is 14.1. The average Bonchev–Trinajstić information content (AvgIpc) is 2.82. The van der Waals surface area contributed by atoms with Gasteiger partial charge < -0.3 is 5.02 Å². The molecule has 0 aliphatic heterocycles. The summed E-state index contributed by atoms with van der Waals surface area (Å²) in [5.74, 6) is 0. The van der Waals surface area contributed by atoms with Gasteiger partial charge in [-0.3, -0.25) is 0 Å². The molecule has 0 bridgehead atoms. The van der Waals surface area contributed by atoms with Crippen molar-refractivity contribution in [3.63, 3.8) is 0 Å². The molecule has 0 saturated heterocycles. The first-order valence-electron chi connectivity index (χ1n) is 5.43. The maximum absolute atomic E-state index is 10.1. The van der Waals surface area contributed by atoms with E-state index < -0.39 is 6.92 Å². The zero-order valence-electron chi connectivity index (χ0n) is 8.98. The Morgan fingerprint density at radius 2 is 2.00 bits per heavy atom. The number of rotatable bonds is 3. The molecule has 15 heavy (non-hydrogen) atoms. The fourth-order valence-corrected chi connectivity index (χ4v) is 1.82. The van der Waals surface area contributed by atoms with E-state index in [0.29, 0.717) is 0 Å². The van der Waals surface area contributed by atoms with Crippen LogP contribution in [-0.2, 0) is 6.42 Å². The van der Waals surface area contributed by atoms with Crippen molar-refractivity contribution in [1.29, 1.82) is 0 Å². The van der Waals surface area contributed by atoms with Gasteiger partial charge in [0.1, 0.15) is 0 Å². The van der Waals surface area contributed by atoms with Gasteiger partial charge in [-0.1, -0.05) is 54.9 Å². The molecule has 1 N–H and O–H groups in total. The van der Waals surface area contributed by atoms with Crippen LogP contribution in [-0.4, -0.2) is 11.9 Å². The van der Waals surface area contributed by atoms with Gasteiger partial charge in [-0.15, -0.1) is 0 Å². The van der Waals surface area contributed by atoms with E-state index in [1.54, 1.807) is 0 Å². The first kappa shape index (κ1) is 10.2. The lowest BCUT2D eigenvalue weighted by Gasteiger charge is -2.08. The molecule has 2 heteroatoms. The maximum Gasteiger partial charge on any atom is 0.355 e. The molecule has 1 aromatic rings. The Labute approximate surface area is 91.3 Å². The topological polar surface area (TPSA) is 20.2 Å². The van der Waals surface area contributed by atoms with Crippen LogP contribution >= 0.6 is 0 Å². The Bertz CT molecular complexity index is 390. The summed E-state index contributed by atoms with van der Waals surface area (Å²) >= 11 is 0. The van der Waals surface area contributed by atoms with Crippen LogP contribution in [0, 0.1) is 0 Å². The molecule has 0 amide bonds. The van der Waals surface area contributed by atoms with Gasteiger partial charge in [0, 0.05) is 0 Å². The van der Waals surface area contributed by atoms with Gasteiger partial charge >= 0.3 is 6.92 Å². The fourth-order valence-electron chi connectivity index (χ4n) is 1.82. The SMILES string of the molecule is CCc1ccc(B(O)C2=CC=CC2)cc1. The minimum Gasteiger partial charge on any atom is -0.443 e. The van der Waals surface area contributed by atoms with Crippen LogP contribution in [0.25, 0.3) is 0 Å². The largest absolute Gasteiger partial charge is 0.443 e. The predicted molar refractivity (Wildman–Crippen MR) is 65.3 cm³/mol. The van der Waals surface area contributed by atoms with E-state index in [4.69, 9.17) is 0 Å². The highest BCUT2D eigenvalue weighted by Gasteiger charge is 2.19. The number of hydrogen-bond acceptors (Lipinski definition) is 1. The van der Waals surface area contributed by atoms with Gasteiger partial charge in [-0.25, -0.2) is 0 Å². The summed E-state index contributed by atoms with van der Waals surface area (Å²) in [5.41, 5.74) is 3.38. The molecule has 2 rings (SSSR count). The quantitative estimate of drug-likeness (QED) is 0.735. The predicted octanol–water partition coefficient (Wildman–Crippen LogP) is 1.87. The Kier molecular flexibility index (Phi) is 3.07. The Morgan fingerprint density at radius 3 is 2.53 bits per heavy atom. The lowest BCUT2D eigenvalue weighted by molar-refractivity contribution is 0.594. The molecule has 76 valence electrons. The third kappa shape index (κ3) is 2.21. The highest BCUT2D eigenvalue weighted by Crippen LogP contribution is 2.12. The van der Waals surface area contributed by atoms with Crippen LogP contribution in [0.1, 0.15) is 18.9 Å². The van der Waals surface area contributed by atoms with E-state index in [2.05, 4.69) is 25.1 Å². The molecular formula is C13H15BO. The molecule has 0 atom stereocenters. The first-order valence-corrected chi connectivity index (χ1v) is 5.43. The standard InChI is InChI=1S/C13H15BO/c1-2-11-7-9-13(10-8-11)14(15)12-5-3-4-6-12/h3-5,7-10,15H,2,6H2,1H3. The maximum atomic E-state index is 10.1. The summed E-state index contributed by atoms with van der Waals surface area (Å²) in [6.45, 7) is 1.69.